The third kappa shape index (κ3) is 2.37. The fourth-order valence-corrected chi connectivity index (χ4v) is 1.48. The molecule has 0 saturated heterocycles. The molecule has 13 heavy (non-hydrogen) atoms. The number of aromatic nitrogens is 3. The van der Waals surface area contributed by atoms with Crippen molar-refractivity contribution < 1.29 is 16.8 Å². The molecule has 0 aliphatic carbocycles. The van der Waals surface area contributed by atoms with E-state index in [0.717, 1.165) is 0 Å². The van der Waals surface area contributed by atoms with Crippen molar-refractivity contribution in [3.63, 3.8) is 0 Å². The molecule has 11 heteroatoms. The molecule has 0 atom stereocenters. The van der Waals surface area contributed by atoms with Crippen LogP contribution in [0.2, 0.25) is 0 Å². The van der Waals surface area contributed by atoms with Gasteiger partial charge in [0.25, 0.3) is 29.4 Å². The molecule has 0 spiro atoms. The van der Waals surface area contributed by atoms with E-state index in [1.807, 2.05) is 5.10 Å². The van der Waals surface area contributed by atoms with Gasteiger partial charge in [0.15, 0.2) is 0 Å². The number of hydrogen-bond acceptors (Lipinski definition) is 6. The van der Waals surface area contributed by atoms with Gasteiger partial charge in [0, 0.05) is 10.7 Å². The van der Waals surface area contributed by atoms with Gasteiger partial charge in [-0.05, 0) is 0 Å². The largest absolute Gasteiger partial charge is 0.296 e. The first-order valence-electron chi connectivity index (χ1n) is 2.61. The number of halogens is 1. The van der Waals surface area contributed by atoms with Gasteiger partial charge in [-0.1, -0.05) is 0 Å². The van der Waals surface area contributed by atoms with Gasteiger partial charge >= 0.3 is 0 Å². The average Bonchev–Trinajstić information content (AvgIpc) is 2.28. The van der Waals surface area contributed by atoms with Crippen molar-refractivity contribution >= 4 is 29.8 Å². The molecule has 0 aromatic carbocycles. The van der Waals surface area contributed by atoms with Gasteiger partial charge < -0.3 is 0 Å². The van der Waals surface area contributed by atoms with Crippen LogP contribution in [0, 0.1) is 0 Å². The van der Waals surface area contributed by atoms with Crippen LogP contribution in [-0.2, 0) is 19.1 Å². The van der Waals surface area contributed by atoms with E-state index in [-0.39, 0.29) is 0 Å². The third-order valence-electron chi connectivity index (χ3n) is 0.930. The summed E-state index contributed by atoms with van der Waals surface area (Å²) in [5.41, 5.74) is 0. The predicted octanol–water partition coefficient (Wildman–Crippen LogP) is -1.62. The molecule has 0 radical (unpaired) electrons. The molecule has 0 unspecified atom stereocenters. The highest BCUT2D eigenvalue weighted by molar-refractivity contribution is 8.13. The van der Waals surface area contributed by atoms with Gasteiger partial charge in [0.2, 0.25) is 0 Å². The van der Waals surface area contributed by atoms with Crippen LogP contribution >= 0.6 is 10.7 Å². The van der Waals surface area contributed by atoms with E-state index in [1.54, 1.807) is 0 Å². The second kappa shape index (κ2) is 2.90. The van der Waals surface area contributed by atoms with Crippen LogP contribution in [0.5, 0.6) is 0 Å². The summed E-state index contributed by atoms with van der Waals surface area (Å²) in [4.78, 5) is 3.05. The molecule has 1 rings (SSSR count). The van der Waals surface area contributed by atoms with Crippen LogP contribution in [0.3, 0.4) is 0 Å². The van der Waals surface area contributed by atoms with Crippen molar-refractivity contribution in [1.82, 2.24) is 15.2 Å². The maximum atomic E-state index is 10.6. The summed E-state index contributed by atoms with van der Waals surface area (Å²) in [6, 6.07) is 0. The highest BCUT2D eigenvalue weighted by Crippen LogP contribution is 2.09. The summed E-state index contributed by atoms with van der Waals surface area (Å²) in [7, 11) is -3.41. The van der Waals surface area contributed by atoms with Crippen molar-refractivity contribution in [1.29, 1.82) is 0 Å². The molecule has 0 aliphatic heterocycles. The number of nitrogens with zero attached hydrogens (tertiary/aromatic N) is 2. The van der Waals surface area contributed by atoms with Crippen LogP contribution in [0.4, 0.5) is 0 Å². The Morgan fingerprint density at radius 1 is 1.31 bits per heavy atom. The smallest absolute Gasteiger partial charge is 0.248 e. The van der Waals surface area contributed by atoms with E-state index in [0.29, 0.717) is 0 Å². The van der Waals surface area contributed by atoms with Crippen LogP contribution in [0.25, 0.3) is 0 Å². The molecular formula is C2H3ClN4O4S2. The van der Waals surface area contributed by atoms with Crippen LogP contribution < -0.4 is 5.14 Å². The number of hydrogen-bond donors (Lipinski definition) is 2. The lowest BCUT2D eigenvalue weighted by molar-refractivity contribution is 0.589. The van der Waals surface area contributed by atoms with Crippen molar-refractivity contribution in [3.05, 3.63) is 0 Å². The lowest BCUT2D eigenvalue weighted by atomic mass is 11.3. The van der Waals surface area contributed by atoms with E-state index < -0.39 is 29.4 Å². The number of nitrogens with one attached hydrogen (secondary N) is 1. The quantitative estimate of drug-likeness (QED) is 0.602. The molecule has 0 aliphatic rings. The molecule has 74 valence electrons. The summed E-state index contributed by atoms with van der Waals surface area (Å²) in [6.45, 7) is 0. The van der Waals surface area contributed by atoms with Gasteiger partial charge in [0.1, 0.15) is 0 Å². The van der Waals surface area contributed by atoms with Gasteiger partial charge in [-0.15, -0.1) is 5.10 Å². The lowest BCUT2D eigenvalue weighted by Crippen LogP contribution is -2.14. The Hall–Kier alpha value is -0.710. The molecule has 0 bridgehead atoms. The first-order valence-corrected chi connectivity index (χ1v) is 6.47. The summed E-state index contributed by atoms with van der Waals surface area (Å²) in [5.74, 6) is 0. The van der Waals surface area contributed by atoms with E-state index in [9.17, 15) is 16.8 Å². The first-order chi connectivity index (χ1) is 5.71. The highest BCUT2D eigenvalue weighted by Gasteiger charge is 2.21. The molecule has 1 aromatic rings. The van der Waals surface area contributed by atoms with Gasteiger partial charge in [0.05, 0.1) is 0 Å². The Bertz CT molecular complexity index is 468. The predicted molar refractivity (Wildman–Crippen MR) is 40.8 cm³/mol. The average molecular weight is 247 g/mol. The molecular weight excluding hydrogens is 244 g/mol. The van der Waals surface area contributed by atoms with Crippen molar-refractivity contribution in [2.24, 2.45) is 5.14 Å². The van der Waals surface area contributed by atoms with Crippen LogP contribution in [-0.4, -0.2) is 32.0 Å². The third-order valence-corrected chi connectivity index (χ3v) is 2.70. The minimum Gasteiger partial charge on any atom is -0.248 e. The summed E-state index contributed by atoms with van der Waals surface area (Å²) in [5, 5.41) is 7.86. The number of aromatic amines is 1. The second-order valence-corrected chi connectivity index (χ2v) is 5.84. The molecule has 0 fully saturated rings. The Morgan fingerprint density at radius 2 is 1.85 bits per heavy atom. The van der Waals surface area contributed by atoms with E-state index in [4.69, 9.17) is 10.7 Å². The fourth-order valence-electron chi connectivity index (χ4n) is 0.469. The Balaban J connectivity index is 3.32. The second-order valence-electron chi connectivity index (χ2n) is 1.91. The zero-order chi connectivity index (χ0) is 10.3. The van der Waals surface area contributed by atoms with E-state index >= 15 is 0 Å². The topological polar surface area (TPSA) is 136 Å². The zero-order valence-corrected chi connectivity index (χ0v) is 8.19. The van der Waals surface area contributed by atoms with Crippen molar-refractivity contribution in [2.75, 3.05) is 0 Å². The van der Waals surface area contributed by atoms with Gasteiger partial charge in [-0.2, -0.15) is 4.98 Å². The fraction of sp³-hybridized carbons (Fsp3) is 0. The van der Waals surface area contributed by atoms with Gasteiger partial charge in [-0.3, -0.25) is 0 Å². The monoisotopic (exact) mass is 246 g/mol. The number of nitrogens with two attached hydrogens (primary N) is 1. The molecule has 1 aromatic heterocycles. The van der Waals surface area contributed by atoms with E-state index in [1.165, 1.54) is 0 Å². The highest BCUT2D eigenvalue weighted by atomic mass is 35.7. The maximum absolute atomic E-state index is 10.6. The Labute approximate surface area is 77.6 Å². The standard InChI is InChI=1S/C2H3ClN4O4S2/c3-12(8,9)1-5-2(7-6-1)13(4,10)11/h(H2,4,10,11)(H,5,6,7). The molecule has 3 N–H and O–H groups in total. The minimum absolute atomic E-state index is 0.766. The van der Waals surface area contributed by atoms with Crippen molar-refractivity contribution in [2.45, 2.75) is 10.3 Å². The normalized spacial score (nSPS) is 13.1. The van der Waals surface area contributed by atoms with Crippen LogP contribution in [0.15, 0.2) is 10.3 Å². The number of primary sulfonamides is 1. The van der Waals surface area contributed by atoms with Gasteiger partial charge in [-0.25, -0.2) is 27.1 Å². The first kappa shape index (κ1) is 10.4. The van der Waals surface area contributed by atoms with Crippen LogP contribution in [0.1, 0.15) is 0 Å². The summed E-state index contributed by atoms with van der Waals surface area (Å²) >= 11 is 0. The molecule has 0 amide bonds. The minimum atomic E-state index is -4.12. The van der Waals surface area contributed by atoms with E-state index in [2.05, 4.69) is 15.2 Å². The number of sulfonamides is 1. The SMILES string of the molecule is NS(=O)(=O)c1n[nH]c(S(=O)(=O)Cl)n1. The molecule has 8 nitrogen and oxygen atoms in total. The Kier molecular flexibility index (Phi) is 2.32. The number of H-pyrrole nitrogens is 1. The molecule has 0 saturated carbocycles. The zero-order valence-electron chi connectivity index (χ0n) is 5.80. The summed E-state index contributed by atoms with van der Waals surface area (Å²) in [6.07, 6.45) is 0. The lowest BCUT2D eigenvalue weighted by Gasteiger charge is -1.85. The van der Waals surface area contributed by atoms with Crippen molar-refractivity contribution in [3.8, 4) is 0 Å². The molecule has 1 heterocycles. The Morgan fingerprint density at radius 3 is 2.08 bits per heavy atom. The maximum Gasteiger partial charge on any atom is 0.296 e. The summed E-state index contributed by atoms with van der Waals surface area (Å²) < 4.78 is 42.3. The number of rotatable bonds is 2.